The van der Waals surface area contributed by atoms with E-state index in [9.17, 15) is 0 Å². The highest BCUT2D eigenvalue weighted by molar-refractivity contribution is 5.63. The first-order valence-electron chi connectivity index (χ1n) is 5.25. The van der Waals surface area contributed by atoms with E-state index < -0.39 is 0 Å². The highest BCUT2D eigenvalue weighted by Gasteiger charge is 2.12. The zero-order valence-corrected chi connectivity index (χ0v) is 10.0. The third-order valence-corrected chi connectivity index (χ3v) is 2.51. The van der Waals surface area contributed by atoms with Crippen LogP contribution in [-0.2, 0) is 7.05 Å². The van der Waals surface area contributed by atoms with Gasteiger partial charge in [-0.25, -0.2) is 0 Å². The molecule has 0 atom stereocenters. The Labute approximate surface area is 99.7 Å². The van der Waals surface area contributed by atoms with Crippen LogP contribution in [0.1, 0.15) is 17.0 Å². The highest BCUT2D eigenvalue weighted by Crippen LogP contribution is 2.21. The molecular weight excluding hydrogens is 214 g/mol. The lowest BCUT2D eigenvalue weighted by Gasteiger charge is -2.06. The molecule has 0 amide bonds. The Bertz CT molecular complexity index is 574. The lowest BCUT2D eigenvalue weighted by Crippen LogP contribution is -2.00. The molecule has 0 spiro atoms. The van der Waals surface area contributed by atoms with Crippen LogP contribution < -0.4 is 5.32 Å². The van der Waals surface area contributed by atoms with Crippen molar-refractivity contribution in [1.82, 2.24) is 14.8 Å². The number of pyridine rings is 1. The largest absolute Gasteiger partial charge is 0.338 e. The summed E-state index contributed by atoms with van der Waals surface area (Å²) in [6.45, 7) is 3.75. The second-order valence-electron chi connectivity index (χ2n) is 3.86. The zero-order chi connectivity index (χ0) is 12.4. The molecule has 1 N–H and O–H groups in total. The summed E-state index contributed by atoms with van der Waals surface area (Å²) in [5, 5.41) is 16.4. The first kappa shape index (κ1) is 11.1. The van der Waals surface area contributed by atoms with Gasteiger partial charge in [-0.1, -0.05) is 0 Å². The van der Waals surface area contributed by atoms with Crippen LogP contribution in [0.5, 0.6) is 0 Å². The van der Waals surface area contributed by atoms with Crippen molar-refractivity contribution in [3.63, 3.8) is 0 Å². The number of hydrogen-bond donors (Lipinski definition) is 1. The number of hydrogen-bond acceptors (Lipinski definition) is 4. The van der Waals surface area contributed by atoms with Gasteiger partial charge in [-0.2, -0.15) is 10.4 Å². The van der Waals surface area contributed by atoms with Crippen LogP contribution in [0, 0.1) is 25.2 Å². The maximum absolute atomic E-state index is 9.08. The van der Waals surface area contributed by atoms with Crippen molar-refractivity contribution in [2.75, 3.05) is 5.32 Å². The molecule has 17 heavy (non-hydrogen) atoms. The summed E-state index contributed by atoms with van der Waals surface area (Å²) in [6.07, 6.45) is 1.73. The van der Waals surface area contributed by atoms with Gasteiger partial charge >= 0.3 is 0 Å². The minimum Gasteiger partial charge on any atom is -0.338 e. The van der Waals surface area contributed by atoms with E-state index in [-0.39, 0.29) is 0 Å². The predicted molar refractivity (Wildman–Crippen MR) is 64.9 cm³/mol. The monoisotopic (exact) mass is 227 g/mol. The van der Waals surface area contributed by atoms with E-state index in [2.05, 4.69) is 21.5 Å². The fraction of sp³-hybridized carbons (Fsp3) is 0.250. The quantitative estimate of drug-likeness (QED) is 0.852. The van der Waals surface area contributed by atoms with Crippen molar-refractivity contribution in [2.45, 2.75) is 13.8 Å². The number of nitriles is 1. The van der Waals surface area contributed by atoms with Crippen LogP contribution in [0.2, 0.25) is 0 Å². The van der Waals surface area contributed by atoms with Gasteiger partial charge in [-0.3, -0.25) is 9.67 Å². The number of nitrogens with one attached hydrogen (secondary N) is 1. The summed E-state index contributed by atoms with van der Waals surface area (Å²) in [6, 6.07) is 5.99. The van der Waals surface area contributed by atoms with E-state index in [1.54, 1.807) is 17.9 Å². The van der Waals surface area contributed by atoms with Crippen LogP contribution in [-0.4, -0.2) is 14.8 Å². The molecule has 0 aliphatic carbocycles. The van der Waals surface area contributed by atoms with Gasteiger partial charge < -0.3 is 5.32 Å². The Morgan fingerprint density at radius 1 is 1.35 bits per heavy atom. The van der Waals surface area contributed by atoms with Gasteiger partial charge in [0, 0.05) is 12.7 Å². The summed E-state index contributed by atoms with van der Waals surface area (Å²) in [4.78, 5) is 4.19. The number of rotatable bonds is 2. The molecule has 0 aromatic carbocycles. The van der Waals surface area contributed by atoms with Crippen LogP contribution in [0.4, 0.5) is 11.5 Å². The van der Waals surface area contributed by atoms with Gasteiger partial charge in [0.1, 0.15) is 17.5 Å². The molecule has 2 aromatic heterocycles. The Kier molecular flexibility index (Phi) is 2.79. The van der Waals surface area contributed by atoms with Gasteiger partial charge in [0.15, 0.2) is 0 Å². The van der Waals surface area contributed by atoms with Gasteiger partial charge in [0.05, 0.1) is 17.6 Å². The summed E-state index contributed by atoms with van der Waals surface area (Å²) in [5.41, 5.74) is 3.08. The normalized spacial score (nSPS) is 10.0. The van der Waals surface area contributed by atoms with E-state index in [0.717, 1.165) is 17.1 Å². The lowest BCUT2D eigenvalue weighted by atomic mass is 10.2. The van der Waals surface area contributed by atoms with E-state index in [1.807, 2.05) is 26.0 Å². The summed E-state index contributed by atoms with van der Waals surface area (Å²) in [5.74, 6) is 0.690. The maximum Gasteiger partial charge on any atom is 0.146 e. The topological polar surface area (TPSA) is 66.5 Å². The van der Waals surface area contributed by atoms with Crippen molar-refractivity contribution in [2.24, 2.45) is 7.05 Å². The minimum atomic E-state index is 0.563. The van der Waals surface area contributed by atoms with Crippen molar-refractivity contribution in [3.05, 3.63) is 35.3 Å². The Hall–Kier alpha value is -2.35. The van der Waals surface area contributed by atoms with Gasteiger partial charge in [0.2, 0.25) is 0 Å². The van der Waals surface area contributed by atoms with Crippen LogP contribution in [0.15, 0.2) is 18.3 Å². The Morgan fingerprint density at radius 3 is 2.71 bits per heavy atom. The van der Waals surface area contributed by atoms with Crippen LogP contribution in [0.25, 0.3) is 0 Å². The molecule has 0 fully saturated rings. The lowest BCUT2D eigenvalue weighted by molar-refractivity contribution is 0.765. The van der Waals surface area contributed by atoms with E-state index >= 15 is 0 Å². The average Bonchev–Trinajstić information content (AvgIpc) is 2.57. The number of nitrogens with zero attached hydrogens (tertiary/aromatic N) is 4. The SMILES string of the molecule is Cc1ccc(Nc2c(C#N)c(C)nn2C)cn1. The summed E-state index contributed by atoms with van der Waals surface area (Å²) in [7, 11) is 1.80. The standard InChI is InChI=1S/C12H13N5/c1-8-4-5-10(7-14-8)15-12-11(6-13)9(2)16-17(12)3/h4-5,7,15H,1-3H3. The maximum atomic E-state index is 9.08. The number of aromatic nitrogens is 3. The summed E-state index contributed by atoms with van der Waals surface area (Å²) >= 11 is 0. The Morgan fingerprint density at radius 2 is 2.12 bits per heavy atom. The molecule has 0 radical (unpaired) electrons. The molecule has 0 bridgehead atoms. The van der Waals surface area contributed by atoms with Gasteiger partial charge in [-0.15, -0.1) is 0 Å². The van der Waals surface area contributed by atoms with Crippen molar-refractivity contribution in [3.8, 4) is 6.07 Å². The molecule has 2 aromatic rings. The second-order valence-corrected chi connectivity index (χ2v) is 3.86. The fourth-order valence-electron chi connectivity index (χ4n) is 1.61. The number of aryl methyl sites for hydroxylation is 3. The second kappa shape index (κ2) is 4.26. The van der Waals surface area contributed by atoms with Gasteiger partial charge in [-0.05, 0) is 26.0 Å². The third kappa shape index (κ3) is 2.11. The number of anilines is 2. The smallest absolute Gasteiger partial charge is 0.146 e. The van der Waals surface area contributed by atoms with Gasteiger partial charge in [0.25, 0.3) is 0 Å². The molecule has 5 heteroatoms. The molecule has 0 unspecified atom stereocenters. The molecule has 0 aliphatic heterocycles. The Balaban J connectivity index is 2.36. The molecule has 0 saturated carbocycles. The molecular formula is C12H13N5. The molecule has 0 saturated heterocycles. The molecule has 5 nitrogen and oxygen atoms in total. The van der Waals surface area contributed by atoms with Crippen molar-refractivity contribution in [1.29, 1.82) is 5.26 Å². The van der Waals surface area contributed by atoms with E-state index in [1.165, 1.54) is 0 Å². The third-order valence-electron chi connectivity index (χ3n) is 2.51. The fourth-order valence-corrected chi connectivity index (χ4v) is 1.61. The first-order chi connectivity index (χ1) is 8.11. The summed E-state index contributed by atoms with van der Waals surface area (Å²) < 4.78 is 1.66. The zero-order valence-electron chi connectivity index (χ0n) is 10.0. The highest BCUT2D eigenvalue weighted by atomic mass is 15.3. The predicted octanol–water partition coefficient (Wildman–Crippen LogP) is 2.05. The molecule has 2 heterocycles. The van der Waals surface area contributed by atoms with E-state index in [4.69, 9.17) is 5.26 Å². The molecule has 0 aliphatic rings. The average molecular weight is 227 g/mol. The van der Waals surface area contributed by atoms with Crippen LogP contribution >= 0.6 is 0 Å². The van der Waals surface area contributed by atoms with Crippen LogP contribution in [0.3, 0.4) is 0 Å². The van der Waals surface area contributed by atoms with Crippen molar-refractivity contribution >= 4 is 11.5 Å². The minimum absolute atomic E-state index is 0.563. The van der Waals surface area contributed by atoms with E-state index in [0.29, 0.717) is 11.4 Å². The van der Waals surface area contributed by atoms with Crippen molar-refractivity contribution < 1.29 is 0 Å². The first-order valence-corrected chi connectivity index (χ1v) is 5.25. The molecule has 86 valence electrons. The molecule has 2 rings (SSSR count).